The lowest BCUT2D eigenvalue weighted by Gasteiger charge is -2.36. The number of carbonyl (C=O) groups is 1. The minimum atomic E-state index is -0.00130. The highest BCUT2D eigenvalue weighted by atomic mass is 16.2. The van der Waals surface area contributed by atoms with Gasteiger partial charge in [0, 0.05) is 38.1 Å². The normalized spacial score (nSPS) is 15.7. The van der Waals surface area contributed by atoms with Gasteiger partial charge in [-0.3, -0.25) is 0 Å². The van der Waals surface area contributed by atoms with Gasteiger partial charge < -0.3 is 15.1 Å². The fourth-order valence-corrected chi connectivity index (χ4v) is 2.33. The van der Waals surface area contributed by atoms with Gasteiger partial charge in [0.05, 0.1) is 0 Å². The van der Waals surface area contributed by atoms with Crippen LogP contribution in [0.5, 0.6) is 0 Å². The summed E-state index contributed by atoms with van der Waals surface area (Å²) in [5.74, 6) is 0. The largest absolute Gasteiger partial charge is 0.368 e. The van der Waals surface area contributed by atoms with E-state index in [2.05, 4.69) is 41.4 Å². The molecule has 4 nitrogen and oxygen atoms in total. The van der Waals surface area contributed by atoms with Crippen LogP contribution in [0, 0.1) is 6.92 Å². The van der Waals surface area contributed by atoms with E-state index in [1.807, 2.05) is 17.9 Å². The predicted molar refractivity (Wildman–Crippen MR) is 82.9 cm³/mol. The maximum absolute atomic E-state index is 11.9. The smallest absolute Gasteiger partial charge is 0.321 e. The zero-order valence-corrected chi connectivity index (χ0v) is 12.3. The highest BCUT2D eigenvalue weighted by Gasteiger charge is 2.20. The molecule has 0 atom stereocenters. The van der Waals surface area contributed by atoms with Crippen molar-refractivity contribution in [2.45, 2.75) is 20.3 Å². The van der Waals surface area contributed by atoms with Gasteiger partial charge in [-0.05, 0) is 31.0 Å². The van der Waals surface area contributed by atoms with Gasteiger partial charge in [-0.1, -0.05) is 25.1 Å². The lowest BCUT2D eigenvalue weighted by Crippen LogP contribution is -2.51. The van der Waals surface area contributed by atoms with E-state index >= 15 is 0 Å². The first kappa shape index (κ1) is 14.4. The number of rotatable bonds is 3. The van der Waals surface area contributed by atoms with E-state index < -0.39 is 0 Å². The molecule has 1 heterocycles. The average molecular weight is 273 g/mol. The Morgan fingerprint density at radius 2 is 2.05 bits per heavy atom. The van der Waals surface area contributed by atoms with E-state index in [9.17, 15) is 4.79 Å². The summed E-state index contributed by atoms with van der Waals surface area (Å²) in [6.07, 6.45) is 4.61. The first-order chi connectivity index (χ1) is 9.70. The van der Waals surface area contributed by atoms with Crippen molar-refractivity contribution in [3.8, 4) is 0 Å². The minimum Gasteiger partial charge on any atom is -0.368 e. The molecule has 2 rings (SSSR count). The number of nitrogens with one attached hydrogen (secondary N) is 1. The predicted octanol–water partition coefficient (Wildman–Crippen LogP) is 2.75. The Bertz CT molecular complexity index is 476. The van der Waals surface area contributed by atoms with E-state index in [1.165, 1.54) is 11.3 Å². The van der Waals surface area contributed by atoms with Crippen LogP contribution < -0.4 is 10.2 Å². The van der Waals surface area contributed by atoms with E-state index in [0.29, 0.717) is 0 Å². The summed E-state index contributed by atoms with van der Waals surface area (Å²) in [5.41, 5.74) is 2.52. The highest BCUT2D eigenvalue weighted by Crippen LogP contribution is 2.17. The number of nitrogens with zero attached hydrogens (tertiary/aromatic N) is 2. The second kappa shape index (κ2) is 6.98. The summed E-state index contributed by atoms with van der Waals surface area (Å²) >= 11 is 0. The van der Waals surface area contributed by atoms with Crippen LogP contribution in [0.4, 0.5) is 10.5 Å². The standard InChI is InChI=1S/C16H23N3O/c1-3-4-8-17-16(20)19-11-9-18(10-12-19)15-7-5-6-14(2)13-15/h4-8,13H,3,9-12H2,1-2H3,(H,17,20)/b8-4+. The third-order valence-corrected chi connectivity index (χ3v) is 3.49. The van der Waals surface area contributed by atoms with Crippen molar-refractivity contribution in [3.05, 3.63) is 42.1 Å². The number of allylic oxidation sites excluding steroid dienone is 1. The Kier molecular flexibility index (Phi) is 5.04. The number of carbonyl (C=O) groups excluding carboxylic acids is 1. The summed E-state index contributed by atoms with van der Waals surface area (Å²) in [5, 5.41) is 2.80. The second-order valence-corrected chi connectivity index (χ2v) is 5.07. The van der Waals surface area contributed by atoms with Crippen molar-refractivity contribution in [3.63, 3.8) is 0 Å². The summed E-state index contributed by atoms with van der Waals surface area (Å²) in [4.78, 5) is 16.1. The zero-order chi connectivity index (χ0) is 14.4. The van der Waals surface area contributed by atoms with E-state index in [0.717, 1.165) is 32.6 Å². The van der Waals surface area contributed by atoms with Crippen LogP contribution in [0.15, 0.2) is 36.5 Å². The molecule has 0 aliphatic carbocycles. The van der Waals surface area contributed by atoms with Crippen molar-refractivity contribution in [1.29, 1.82) is 0 Å². The average Bonchev–Trinajstić information content (AvgIpc) is 2.47. The number of benzene rings is 1. The minimum absolute atomic E-state index is 0.00130. The third-order valence-electron chi connectivity index (χ3n) is 3.49. The third kappa shape index (κ3) is 3.76. The lowest BCUT2D eigenvalue weighted by atomic mass is 10.2. The number of aryl methyl sites for hydroxylation is 1. The van der Waals surface area contributed by atoms with Crippen LogP contribution in [0.2, 0.25) is 0 Å². The molecule has 0 unspecified atom stereocenters. The van der Waals surface area contributed by atoms with Gasteiger partial charge >= 0.3 is 6.03 Å². The molecular weight excluding hydrogens is 250 g/mol. The first-order valence-electron chi connectivity index (χ1n) is 7.22. The van der Waals surface area contributed by atoms with Crippen LogP contribution in [0.25, 0.3) is 0 Å². The molecule has 0 saturated carbocycles. The molecule has 1 aliphatic rings. The van der Waals surface area contributed by atoms with E-state index in [1.54, 1.807) is 6.20 Å². The fourth-order valence-electron chi connectivity index (χ4n) is 2.33. The first-order valence-corrected chi connectivity index (χ1v) is 7.22. The Morgan fingerprint density at radius 3 is 2.70 bits per heavy atom. The molecule has 2 amide bonds. The summed E-state index contributed by atoms with van der Waals surface area (Å²) < 4.78 is 0. The Balaban J connectivity index is 1.86. The molecule has 108 valence electrons. The zero-order valence-electron chi connectivity index (χ0n) is 12.3. The van der Waals surface area contributed by atoms with Crippen LogP contribution in [-0.4, -0.2) is 37.1 Å². The molecule has 0 bridgehead atoms. The Hall–Kier alpha value is -1.97. The second-order valence-electron chi connectivity index (χ2n) is 5.07. The maximum atomic E-state index is 11.9. The SMILES string of the molecule is CC/C=C/NC(=O)N1CCN(c2cccc(C)c2)CC1. The van der Waals surface area contributed by atoms with Crippen LogP contribution in [0.3, 0.4) is 0 Å². The topological polar surface area (TPSA) is 35.6 Å². The molecule has 1 saturated heterocycles. The summed E-state index contributed by atoms with van der Waals surface area (Å²) in [7, 11) is 0. The molecule has 1 N–H and O–H groups in total. The molecule has 0 radical (unpaired) electrons. The molecule has 1 aromatic rings. The van der Waals surface area contributed by atoms with Gasteiger partial charge in [-0.25, -0.2) is 4.79 Å². The van der Waals surface area contributed by atoms with Gasteiger partial charge in [-0.2, -0.15) is 0 Å². The molecule has 1 fully saturated rings. The Morgan fingerprint density at radius 1 is 1.30 bits per heavy atom. The van der Waals surface area contributed by atoms with Gasteiger partial charge in [0.2, 0.25) is 0 Å². The van der Waals surface area contributed by atoms with Crippen LogP contribution >= 0.6 is 0 Å². The van der Waals surface area contributed by atoms with E-state index in [4.69, 9.17) is 0 Å². The van der Waals surface area contributed by atoms with Gasteiger partial charge in [0.15, 0.2) is 0 Å². The molecule has 0 spiro atoms. The summed E-state index contributed by atoms with van der Waals surface area (Å²) in [6, 6.07) is 8.51. The van der Waals surface area contributed by atoms with Crippen molar-refractivity contribution < 1.29 is 4.79 Å². The number of hydrogen-bond acceptors (Lipinski definition) is 2. The van der Waals surface area contributed by atoms with Gasteiger partial charge in [0.1, 0.15) is 0 Å². The van der Waals surface area contributed by atoms with E-state index in [-0.39, 0.29) is 6.03 Å². The number of piperazine rings is 1. The molecule has 1 aliphatic heterocycles. The molecule has 4 heteroatoms. The molecule has 0 aromatic heterocycles. The Labute approximate surface area is 121 Å². The van der Waals surface area contributed by atoms with Crippen LogP contribution in [-0.2, 0) is 0 Å². The number of hydrogen-bond donors (Lipinski definition) is 1. The van der Waals surface area contributed by atoms with Gasteiger partial charge in [0.25, 0.3) is 0 Å². The number of urea groups is 1. The van der Waals surface area contributed by atoms with Crippen molar-refractivity contribution in [1.82, 2.24) is 10.2 Å². The summed E-state index contributed by atoms with van der Waals surface area (Å²) in [6.45, 7) is 7.44. The van der Waals surface area contributed by atoms with Gasteiger partial charge in [-0.15, -0.1) is 0 Å². The fraction of sp³-hybridized carbons (Fsp3) is 0.438. The number of amides is 2. The molecule has 1 aromatic carbocycles. The highest BCUT2D eigenvalue weighted by molar-refractivity contribution is 5.75. The molecule has 20 heavy (non-hydrogen) atoms. The maximum Gasteiger partial charge on any atom is 0.321 e. The van der Waals surface area contributed by atoms with Crippen molar-refractivity contribution in [2.24, 2.45) is 0 Å². The van der Waals surface area contributed by atoms with Crippen molar-refractivity contribution in [2.75, 3.05) is 31.1 Å². The van der Waals surface area contributed by atoms with Crippen LogP contribution in [0.1, 0.15) is 18.9 Å². The monoisotopic (exact) mass is 273 g/mol. The number of anilines is 1. The van der Waals surface area contributed by atoms with Crippen molar-refractivity contribution >= 4 is 11.7 Å². The quantitative estimate of drug-likeness (QED) is 0.919. The molecular formula is C16H23N3O. The lowest BCUT2D eigenvalue weighted by molar-refractivity contribution is 0.198.